The summed E-state index contributed by atoms with van der Waals surface area (Å²) in [6.07, 6.45) is 4.13. The van der Waals surface area contributed by atoms with Gasteiger partial charge in [0.25, 0.3) is 5.91 Å². The average molecular weight is 424 g/mol. The van der Waals surface area contributed by atoms with Crippen LogP contribution in [-0.2, 0) is 6.42 Å². The Balaban J connectivity index is 1.71. The monoisotopic (exact) mass is 424 g/mol. The summed E-state index contributed by atoms with van der Waals surface area (Å²) in [5.41, 5.74) is 2.32. The third kappa shape index (κ3) is 3.56. The molecule has 1 aromatic carbocycles. The number of aromatic nitrogens is 3. The number of Topliss-reactive ketones (excluding diaryl/α,β-unsaturated/α-hetero) is 1. The summed E-state index contributed by atoms with van der Waals surface area (Å²) in [7, 11) is 4.52. The lowest BCUT2D eigenvalue weighted by molar-refractivity contribution is 0.0908. The predicted octanol–water partition coefficient (Wildman–Crippen LogP) is 3.16. The predicted molar refractivity (Wildman–Crippen MR) is 113 cm³/mol. The highest BCUT2D eigenvalue weighted by Crippen LogP contribution is 2.40. The van der Waals surface area contributed by atoms with E-state index in [4.69, 9.17) is 14.2 Å². The van der Waals surface area contributed by atoms with E-state index < -0.39 is 5.91 Å². The van der Waals surface area contributed by atoms with Crippen LogP contribution in [0.15, 0.2) is 24.5 Å². The number of hydrogen-bond acceptors (Lipinski definition) is 7. The van der Waals surface area contributed by atoms with Crippen molar-refractivity contribution >= 4 is 23.0 Å². The molecule has 4 rings (SSSR count). The smallest absolute Gasteiger partial charge is 0.261 e. The molecule has 2 aromatic heterocycles. The number of anilines is 1. The van der Waals surface area contributed by atoms with E-state index in [1.165, 1.54) is 27.5 Å². The van der Waals surface area contributed by atoms with Gasteiger partial charge in [0, 0.05) is 30.4 Å². The Kier molecular flexibility index (Phi) is 5.04. The second kappa shape index (κ2) is 7.57. The van der Waals surface area contributed by atoms with Crippen LogP contribution in [0.5, 0.6) is 17.2 Å². The highest BCUT2D eigenvalue weighted by molar-refractivity contribution is 6.08. The van der Waals surface area contributed by atoms with Gasteiger partial charge in [-0.25, -0.2) is 9.50 Å². The van der Waals surface area contributed by atoms with E-state index in [-0.39, 0.29) is 11.2 Å². The molecule has 162 valence electrons. The van der Waals surface area contributed by atoms with Crippen molar-refractivity contribution in [2.45, 2.75) is 26.7 Å². The number of amides is 1. The summed E-state index contributed by atoms with van der Waals surface area (Å²) in [5.74, 6) is 0.923. The van der Waals surface area contributed by atoms with Gasteiger partial charge in [0.15, 0.2) is 22.9 Å². The van der Waals surface area contributed by atoms with E-state index in [0.29, 0.717) is 52.6 Å². The van der Waals surface area contributed by atoms with E-state index in [9.17, 15) is 9.59 Å². The zero-order chi connectivity index (χ0) is 22.3. The normalized spacial score (nSPS) is 14.8. The number of hydrogen-bond donors (Lipinski definition) is 1. The molecule has 0 fully saturated rings. The summed E-state index contributed by atoms with van der Waals surface area (Å²) < 4.78 is 17.6. The van der Waals surface area contributed by atoms with Crippen LogP contribution < -0.4 is 19.5 Å². The van der Waals surface area contributed by atoms with E-state index >= 15 is 0 Å². The van der Waals surface area contributed by atoms with Crippen molar-refractivity contribution in [1.29, 1.82) is 0 Å². The second-order valence-electron chi connectivity index (χ2n) is 8.22. The molecule has 2 heterocycles. The fourth-order valence-corrected chi connectivity index (χ4v) is 3.94. The lowest BCUT2D eigenvalue weighted by Crippen LogP contribution is -2.29. The van der Waals surface area contributed by atoms with Crippen LogP contribution in [0.25, 0.3) is 5.65 Å². The van der Waals surface area contributed by atoms with Crippen LogP contribution >= 0.6 is 0 Å². The van der Waals surface area contributed by atoms with Gasteiger partial charge >= 0.3 is 0 Å². The number of nitrogens with one attached hydrogen (secondary N) is 1. The molecule has 1 N–H and O–H groups in total. The fourth-order valence-electron chi connectivity index (χ4n) is 3.94. The van der Waals surface area contributed by atoms with E-state index in [0.717, 1.165) is 5.69 Å². The molecule has 0 bridgehead atoms. The second-order valence-corrected chi connectivity index (χ2v) is 8.22. The highest BCUT2D eigenvalue weighted by atomic mass is 16.5. The lowest BCUT2D eigenvalue weighted by Gasteiger charge is -2.29. The van der Waals surface area contributed by atoms with Crippen molar-refractivity contribution < 1.29 is 23.8 Å². The Morgan fingerprint density at radius 1 is 1.06 bits per heavy atom. The largest absolute Gasteiger partial charge is 0.493 e. The topological polar surface area (TPSA) is 104 Å². The first kappa shape index (κ1) is 20.6. The van der Waals surface area contributed by atoms with E-state index in [1.54, 1.807) is 22.8 Å². The zero-order valence-corrected chi connectivity index (χ0v) is 18.1. The molecule has 3 aromatic rings. The summed E-state index contributed by atoms with van der Waals surface area (Å²) in [6, 6.07) is 3.28. The van der Waals surface area contributed by atoms with Gasteiger partial charge in [0.05, 0.1) is 38.8 Å². The van der Waals surface area contributed by atoms with Crippen molar-refractivity contribution in [2.24, 2.45) is 5.41 Å². The summed E-state index contributed by atoms with van der Waals surface area (Å²) >= 11 is 0. The number of methoxy groups -OCH3 is 3. The first-order valence-corrected chi connectivity index (χ1v) is 9.78. The summed E-state index contributed by atoms with van der Waals surface area (Å²) in [6.45, 7) is 4.09. The molecule has 9 heteroatoms. The van der Waals surface area contributed by atoms with E-state index in [1.807, 2.05) is 13.8 Å². The van der Waals surface area contributed by atoms with Crippen LogP contribution in [0, 0.1) is 5.41 Å². The lowest BCUT2D eigenvalue weighted by atomic mass is 9.76. The molecule has 0 saturated heterocycles. The molecular formula is C22H24N4O5. The van der Waals surface area contributed by atoms with Crippen molar-refractivity contribution in [3.05, 3.63) is 41.3 Å². The Morgan fingerprint density at radius 2 is 1.74 bits per heavy atom. The van der Waals surface area contributed by atoms with Crippen molar-refractivity contribution in [1.82, 2.24) is 14.6 Å². The van der Waals surface area contributed by atoms with Crippen molar-refractivity contribution in [3.63, 3.8) is 0 Å². The quantitative estimate of drug-likeness (QED) is 0.671. The molecule has 0 spiro atoms. The average Bonchev–Trinajstić information content (AvgIpc) is 3.17. The number of fused-ring (bicyclic) bond motifs is 3. The number of ether oxygens (including phenoxy) is 3. The highest BCUT2D eigenvalue weighted by Gasteiger charge is 2.33. The maximum atomic E-state index is 13.0. The van der Waals surface area contributed by atoms with Gasteiger partial charge in [-0.05, 0) is 11.8 Å². The SMILES string of the molecule is COc1cc(NC(=O)c2cnn3c4c(cnc23)C(=O)CC(C)(C)C4)cc(OC)c1OC. The van der Waals surface area contributed by atoms with Crippen molar-refractivity contribution in [2.75, 3.05) is 26.6 Å². The molecular weight excluding hydrogens is 400 g/mol. The molecule has 1 amide bonds. The third-order valence-corrected chi connectivity index (χ3v) is 5.38. The molecule has 1 aliphatic rings. The number of nitrogens with zero attached hydrogens (tertiary/aromatic N) is 3. The van der Waals surface area contributed by atoms with Crippen LogP contribution in [0.3, 0.4) is 0 Å². The van der Waals surface area contributed by atoms with Crippen LogP contribution in [0.1, 0.15) is 46.7 Å². The standard InChI is InChI=1S/C22H24N4O5/c1-22(2)8-15-13(16(27)9-22)10-23-20-14(11-24-26(15)20)21(28)25-12-6-17(29-3)19(31-5)18(7-12)30-4/h6-7,10-11H,8-9H2,1-5H3,(H,25,28). The molecule has 0 atom stereocenters. The minimum Gasteiger partial charge on any atom is -0.493 e. The van der Waals surface area contributed by atoms with Crippen LogP contribution in [-0.4, -0.2) is 47.6 Å². The maximum Gasteiger partial charge on any atom is 0.261 e. The first-order valence-electron chi connectivity index (χ1n) is 9.78. The minimum absolute atomic E-state index is 0.0413. The Morgan fingerprint density at radius 3 is 2.35 bits per heavy atom. The fraction of sp³-hybridized carbons (Fsp3) is 0.364. The van der Waals surface area contributed by atoms with Gasteiger partial charge in [-0.15, -0.1) is 0 Å². The molecule has 0 radical (unpaired) electrons. The van der Waals surface area contributed by atoms with Crippen molar-refractivity contribution in [3.8, 4) is 17.2 Å². The van der Waals surface area contributed by atoms with Gasteiger partial charge in [-0.2, -0.15) is 5.10 Å². The summed E-state index contributed by atoms with van der Waals surface area (Å²) in [4.78, 5) is 29.9. The molecule has 31 heavy (non-hydrogen) atoms. The van der Waals surface area contributed by atoms with Gasteiger partial charge in [-0.1, -0.05) is 13.8 Å². The number of ketones is 1. The first-order chi connectivity index (χ1) is 14.8. The van der Waals surface area contributed by atoms with E-state index in [2.05, 4.69) is 15.4 Å². The Hall–Kier alpha value is -3.62. The summed E-state index contributed by atoms with van der Waals surface area (Å²) in [5, 5.41) is 7.19. The molecule has 0 unspecified atom stereocenters. The number of carbonyl (C=O) groups excluding carboxylic acids is 2. The molecule has 9 nitrogen and oxygen atoms in total. The van der Waals surface area contributed by atoms with Crippen LogP contribution in [0.2, 0.25) is 0 Å². The molecule has 0 aliphatic heterocycles. The maximum absolute atomic E-state index is 13.0. The molecule has 0 saturated carbocycles. The number of benzene rings is 1. The Labute approximate surface area is 179 Å². The van der Waals surface area contributed by atoms with Gasteiger partial charge < -0.3 is 19.5 Å². The third-order valence-electron chi connectivity index (χ3n) is 5.38. The zero-order valence-electron chi connectivity index (χ0n) is 18.1. The number of carbonyl (C=O) groups is 2. The van der Waals surface area contributed by atoms with Gasteiger partial charge in [0.2, 0.25) is 5.75 Å². The minimum atomic E-state index is -0.391. The van der Waals surface area contributed by atoms with Crippen LogP contribution in [0.4, 0.5) is 5.69 Å². The van der Waals surface area contributed by atoms with Gasteiger partial charge in [0.1, 0.15) is 5.56 Å². The number of rotatable bonds is 5. The van der Waals surface area contributed by atoms with Gasteiger partial charge in [-0.3, -0.25) is 9.59 Å². The Bertz CT molecular complexity index is 1170. The molecule has 1 aliphatic carbocycles.